The van der Waals surface area contributed by atoms with Crippen LogP contribution in [0.5, 0.6) is 5.75 Å². The van der Waals surface area contributed by atoms with Crippen molar-refractivity contribution in [3.8, 4) is 5.75 Å². The first-order chi connectivity index (χ1) is 13.8. The van der Waals surface area contributed by atoms with Crippen LogP contribution in [0.1, 0.15) is 24.0 Å². The van der Waals surface area contributed by atoms with Crippen molar-refractivity contribution in [2.45, 2.75) is 31.9 Å². The van der Waals surface area contributed by atoms with Crippen molar-refractivity contribution in [1.29, 1.82) is 0 Å². The summed E-state index contributed by atoms with van der Waals surface area (Å²) in [5, 5.41) is 14.1. The van der Waals surface area contributed by atoms with E-state index in [9.17, 15) is 14.3 Å². The van der Waals surface area contributed by atoms with Crippen molar-refractivity contribution in [2.24, 2.45) is 0 Å². The molecule has 1 aliphatic rings. The molecule has 1 heterocycles. The van der Waals surface area contributed by atoms with Crippen molar-refractivity contribution >= 4 is 17.5 Å². The summed E-state index contributed by atoms with van der Waals surface area (Å²) in [5.74, 6) is 0.128. The quantitative estimate of drug-likeness (QED) is 0.721. The minimum Gasteiger partial charge on any atom is -0.489 e. The van der Waals surface area contributed by atoms with E-state index in [1.807, 2.05) is 24.0 Å². The molecule has 1 amide bonds. The Morgan fingerprint density at radius 1 is 1.28 bits per heavy atom. The van der Waals surface area contributed by atoms with Crippen LogP contribution in [0.4, 0.5) is 4.39 Å². The predicted molar refractivity (Wildman–Crippen MR) is 111 cm³/mol. The van der Waals surface area contributed by atoms with Crippen LogP contribution in [0.15, 0.2) is 42.5 Å². The molecular weight excluding hydrogens is 395 g/mol. The molecule has 0 aliphatic carbocycles. The number of nitrogens with one attached hydrogen (secondary N) is 1. The second-order valence-corrected chi connectivity index (χ2v) is 8.04. The number of rotatable bonds is 7. The lowest BCUT2D eigenvalue weighted by molar-refractivity contribution is -0.124. The number of carbonyl (C=O) groups excluding carboxylic acids is 1. The van der Waals surface area contributed by atoms with Gasteiger partial charge in [0.05, 0.1) is 11.6 Å². The summed E-state index contributed by atoms with van der Waals surface area (Å²) >= 11 is 6.14. The molecule has 0 bridgehead atoms. The molecule has 2 aromatic carbocycles. The van der Waals surface area contributed by atoms with E-state index >= 15 is 0 Å². The van der Waals surface area contributed by atoms with Crippen LogP contribution in [0.3, 0.4) is 0 Å². The third-order valence-corrected chi connectivity index (χ3v) is 5.43. The summed E-state index contributed by atoms with van der Waals surface area (Å²) < 4.78 is 19.0. The Balaban J connectivity index is 1.42. The molecule has 1 aliphatic heterocycles. The van der Waals surface area contributed by atoms with Crippen LogP contribution in [0, 0.1) is 12.7 Å². The number of amides is 1. The molecular formula is C22H26ClFN2O3. The number of aryl methyl sites for hydroxylation is 1. The molecule has 2 N–H and O–H groups in total. The van der Waals surface area contributed by atoms with E-state index < -0.39 is 5.60 Å². The van der Waals surface area contributed by atoms with Crippen LogP contribution in [0.25, 0.3) is 0 Å². The average molecular weight is 421 g/mol. The monoisotopic (exact) mass is 420 g/mol. The number of ether oxygens (including phenoxy) is 1. The molecule has 5 nitrogen and oxygen atoms in total. The highest BCUT2D eigenvalue weighted by molar-refractivity contribution is 6.32. The number of hydrogen-bond acceptors (Lipinski definition) is 4. The maximum atomic E-state index is 13.2. The fourth-order valence-electron chi connectivity index (χ4n) is 3.31. The summed E-state index contributed by atoms with van der Waals surface area (Å²) in [6.45, 7) is 3.84. The molecule has 0 radical (unpaired) electrons. The normalized spacial score (nSPS) is 16.4. The number of carbonyl (C=O) groups is 1. The van der Waals surface area contributed by atoms with E-state index in [0.29, 0.717) is 43.2 Å². The first-order valence-corrected chi connectivity index (χ1v) is 10.1. The zero-order valence-corrected chi connectivity index (χ0v) is 17.2. The zero-order chi connectivity index (χ0) is 20.9. The maximum absolute atomic E-state index is 13.2. The first kappa shape index (κ1) is 21.6. The highest BCUT2D eigenvalue weighted by Crippen LogP contribution is 2.28. The van der Waals surface area contributed by atoms with E-state index in [-0.39, 0.29) is 24.9 Å². The Labute approximate surface area is 175 Å². The van der Waals surface area contributed by atoms with Crippen LogP contribution in [-0.4, -0.2) is 47.8 Å². The van der Waals surface area contributed by atoms with Crippen molar-refractivity contribution in [2.75, 3.05) is 26.2 Å². The average Bonchev–Trinajstić information content (AvgIpc) is 2.69. The second-order valence-electron chi connectivity index (χ2n) is 7.63. The standard InChI is InChI=1S/C22H26ClFN2O3/c1-16-5-6-19(23)20(11-16)29-15-22(28)7-9-26(10-8-22)14-21(27)25-13-17-3-2-4-18(24)12-17/h2-6,11-12,28H,7-10,13-15H2,1H3,(H,25,27). The van der Waals surface area contributed by atoms with Gasteiger partial charge in [0, 0.05) is 19.6 Å². The van der Waals surface area contributed by atoms with Crippen LogP contribution in [-0.2, 0) is 11.3 Å². The van der Waals surface area contributed by atoms with Crippen molar-refractivity contribution < 1.29 is 19.0 Å². The van der Waals surface area contributed by atoms with Gasteiger partial charge in [-0.3, -0.25) is 9.69 Å². The van der Waals surface area contributed by atoms with E-state index in [1.165, 1.54) is 12.1 Å². The van der Waals surface area contributed by atoms with Gasteiger partial charge in [-0.1, -0.05) is 29.8 Å². The summed E-state index contributed by atoms with van der Waals surface area (Å²) in [6.07, 6.45) is 1.02. The number of aliphatic hydroxyl groups is 1. The third-order valence-electron chi connectivity index (χ3n) is 5.12. The number of hydrogen-bond donors (Lipinski definition) is 2. The van der Waals surface area contributed by atoms with E-state index in [1.54, 1.807) is 18.2 Å². The number of nitrogens with zero attached hydrogens (tertiary/aromatic N) is 1. The van der Waals surface area contributed by atoms with Crippen LogP contribution >= 0.6 is 11.6 Å². The van der Waals surface area contributed by atoms with Gasteiger partial charge in [0.1, 0.15) is 23.8 Å². The maximum Gasteiger partial charge on any atom is 0.234 e. The molecule has 156 valence electrons. The largest absolute Gasteiger partial charge is 0.489 e. The summed E-state index contributed by atoms with van der Waals surface area (Å²) in [7, 11) is 0. The third kappa shape index (κ3) is 6.42. The van der Waals surface area contributed by atoms with Gasteiger partial charge in [-0.15, -0.1) is 0 Å². The minimum atomic E-state index is -0.943. The summed E-state index contributed by atoms with van der Waals surface area (Å²) in [5.41, 5.74) is 0.815. The van der Waals surface area contributed by atoms with Crippen molar-refractivity contribution in [1.82, 2.24) is 10.2 Å². The van der Waals surface area contributed by atoms with Crippen molar-refractivity contribution in [3.05, 3.63) is 64.4 Å². The van der Waals surface area contributed by atoms with Gasteiger partial charge < -0.3 is 15.2 Å². The molecule has 0 atom stereocenters. The fraction of sp³-hybridized carbons (Fsp3) is 0.409. The molecule has 0 aromatic heterocycles. The van der Waals surface area contributed by atoms with Crippen LogP contribution < -0.4 is 10.1 Å². The van der Waals surface area contributed by atoms with E-state index in [4.69, 9.17) is 16.3 Å². The predicted octanol–water partition coefficient (Wildman–Crippen LogP) is 3.31. The molecule has 1 fully saturated rings. The smallest absolute Gasteiger partial charge is 0.234 e. The molecule has 0 saturated carbocycles. The van der Waals surface area contributed by atoms with Gasteiger partial charge in [-0.2, -0.15) is 0 Å². The Bertz CT molecular complexity index is 854. The van der Waals surface area contributed by atoms with Crippen LogP contribution in [0.2, 0.25) is 5.02 Å². The molecule has 2 aromatic rings. The van der Waals surface area contributed by atoms with Gasteiger partial charge in [-0.05, 0) is 55.2 Å². The molecule has 29 heavy (non-hydrogen) atoms. The Morgan fingerprint density at radius 2 is 2.03 bits per heavy atom. The van der Waals surface area contributed by atoms with E-state index in [2.05, 4.69) is 5.32 Å². The Hall–Kier alpha value is -2.15. The lowest BCUT2D eigenvalue weighted by Crippen LogP contribution is -2.50. The molecule has 7 heteroatoms. The Morgan fingerprint density at radius 3 is 2.76 bits per heavy atom. The zero-order valence-electron chi connectivity index (χ0n) is 16.5. The molecule has 0 unspecified atom stereocenters. The van der Waals surface area contributed by atoms with Gasteiger partial charge in [0.25, 0.3) is 0 Å². The molecule has 0 spiro atoms. The highest BCUT2D eigenvalue weighted by atomic mass is 35.5. The van der Waals surface area contributed by atoms with Gasteiger partial charge in [0.2, 0.25) is 5.91 Å². The molecule has 3 rings (SSSR count). The summed E-state index contributed by atoms with van der Waals surface area (Å²) in [4.78, 5) is 14.2. The second kappa shape index (κ2) is 9.57. The van der Waals surface area contributed by atoms with Gasteiger partial charge in [-0.25, -0.2) is 4.39 Å². The van der Waals surface area contributed by atoms with Gasteiger partial charge in [0.15, 0.2) is 0 Å². The lowest BCUT2D eigenvalue weighted by Gasteiger charge is -2.37. The Kier molecular flexibility index (Phi) is 7.11. The molecule has 1 saturated heterocycles. The topological polar surface area (TPSA) is 61.8 Å². The number of piperidine rings is 1. The minimum absolute atomic E-state index is 0.123. The number of benzene rings is 2. The highest BCUT2D eigenvalue weighted by Gasteiger charge is 2.33. The first-order valence-electron chi connectivity index (χ1n) is 9.68. The van der Waals surface area contributed by atoms with Crippen molar-refractivity contribution in [3.63, 3.8) is 0 Å². The number of likely N-dealkylation sites (tertiary alicyclic amines) is 1. The van der Waals surface area contributed by atoms with E-state index in [0.717, 1.165) is 11.1 Å². The SMILES string of the molecule is Cc1ccc(Cl)c(OCC2(O)CCN(CC(=O)NCc3cccc(F)c3)CC2)c1. The summed E-state index contributed by atoms with van der Waals surface area (Å²) in [6, 6.07) is 11.7. The number of halogens is 2. The lowest BCUT2D eigenvalue weighted by atomic mass is 9.92. The van der Waals surface area contributed by atoms with Gasteiger partial charge >= 0.3 is 0 Å². The fourth-order valence-corrected chi connectivity index (χ4v) is 3.48.